The van der Waals surface area contributed by atoms with Gasteiger partial charge < -0.3 is 15.6 Å². The number of halogens is 1. The lowest BCUT2D eigenvalue weighted by molar-refractivity contribution is 0.0244. The average Bonchev–Trinajstić information content (AvgIpc) is 2.21. The van der Waals surface area contributed by atoms with Crippen LogP contribution in [0.15, 0.2) is 16.6 Å². The summed E-state index contributed by atoms with van der Waals surface area (Å²) in [5.74, 6) is -0.426. The normalized spacial score (nSPS) is 11.4. The summed E-state index contributed by atoms with van der Waals surface area (Å²) in [7, 11) is 0. The Morgan fingerprint density at radius 3 is 2.67 bits per heavy atom. The first-order chi connectivity index (χ1) is 8.20. The first kappa shape index (κ1) is 15.0. The van der Waals surface area contributed by atoms with Crippen molar-refractivity contribution in [2.45, 2.75) is 32.8 Å². The van der Waals surface area contributed by atoms with E-state index in [1.165, 1.54) is 0 Å². The van der Waals surface area contributed by atoms with E-state index >= 15 is 0 Å². The Kier molecular flexibility index (Phi) is 4.76. The van der Waals surface area contributed by atoms with Crippen molar-refractivity contribution < 1.29 is 14.6 Å². The number of nitrogens with two attached hydrogens (primary N) is 1. The predicted molar refractivity (Wildman–Crippen MR) is 74.5 cm³/mol. The number of esters is 1. The van der Waals surface area contributed by atoms with Crippen molar-refractivity contribution in [3.05, 3.63) is 27.7 Å². The van der Waals surface area contributed by atoms with Gasteiger partial charge in [0.1, 0.15) is 0 Å². The maximum Gasteiger partial charge on any atom is 0.338 e. The summed E-state index contributed by atoms with van der Waals surface area (Å²) in [6, 6.07) is 3.42. The van der Waals surface area contributed by atoms with Crippen LogP contribution in [-0.4, -0.2) is 23.3 Å². The smallest absolute Gasteiger partial charge is 0.338 e. The number of carbonyl (C=O) groups is 1. The number of anilines is 1. The number of hydrogen-bond acceptors (Lipinski definition) is 4. The zero-order chi connectivity index (χ0) is 13.9. The topological polar surface area (TPSA) is 72.6 Å². The molecule has 0 saturated carbocycles. The Morgan fingerprint density at radius 2 is 2.11 bits per heavy atom. The van der Waals surface area contributed by atoms with Gasteiger partial charge in [-0.15, -0.1) is 0 Å². The Labute approximate surface area is 115 Å². The quantitative estimate of drug-likeness (QED) is 0.662. The number of aliphatic hydroxyl groups is 1. The summed E-state index contributed by atoms with van der Waals surface area (Å²) >= 11 is 3.29. The van der Waals surface area contributed by atoms with Gasteiger partial charge in [0.25, 0.3) is 0 Å². The molecule has 0 spiro atoms. The summed E-state index contributed by atoms with van der Waals surface area (Å²) in [6.45, 7) is 5.29. The highest BCUT2D eigenvalue weighted by molar-refractivity contribution is 9.10. The van der Waals surface area contributed by atoms with Crippen molar-refractivity contribution in [3.8, 4) is 0 Å². The lowest BCUT2D eigenvalue weighted by Crippen LogP contribution is -2.22. The minimum absolute atomic E-state index is 0.175. The molecule has 0 aliphatic rings. The molecule has 0 aromatic heterocycles. The molecule has 18 heavy (non-hydrogen) atoms. The van der Waals surface area contributed by atoms with Crippen LogP contribution in [0.3, 0.4) is 0 Å². The molecule has 0 heterocycles. The maximum absolute atomic E-state index is 11.9. The lowest BCUT2D eigenvalue weighted by atomic mass is 10.1. The fraction of sp³-hybridized carbons (Fsp3) is 0.462. The minimum Gasteiger partial charge on any atom is -0.462 e. The molecule has 3 N–H and O–H groups in total. The van der Waals surface area contributed by atoms with Crippen molar-refractivity contribution in [2.75, 3.05) is 12.3 Å². The highest BCUT2D eigenvalue weighted by atomic mass is 79.9. The van der Waals surface area contributed by atoms with E-state index in [0.717, 1.165) is 4.47 Å². The second kappa shape index (κ2) is 5.71. The van der Waals surface area contributed by atoms with E-state index in [4.69, 9.17) is 10.5 Å². The number of ether oxygens (including phenoxy) is 1. The molecule has 0 bridgehead atoms. The van der Waals surface area contributed by atoms with Crippen LogP contribution in [-0.2, 0) is 4.74 Å². The van der Waals surface area contributed by atoms with Crippen molar-refractivity contribution in [2.24, 2.45) is 0 Å². The molecule has 0 aliphatic heterocycles. The molecule has 0 radical (unpaired) electrons. The Morgan fingerprint density at radius 1 is 1.50 bits per heavy atom. The zero-order valence-electron chi connectivity index (χ0n) is 10.8. The van der Waals surface area contributed by atoms with Crippen LogP contribution in [0.4, 0.5) is 5.69 Å². The molecule has 0 atom stereocenters. The number of hydrogen-bond donors (Lipinski definition) is 2. The van der Waals surface area contributed by atoms with Gasteiger partial charge in [0, 0.05) is 16.6 Å². The van der Waals surface area contributed by atoms with Gasteiger partial charge >= 0.3 is 5.97 Å². The molecule has 1 rings (SSSR count). The van der Waals surface area contributed by atoms with Crippen LogP contribution in [0.5, 0.6) is 0 Å². The van der Waals surface area contributed by atoms with Crippen molar-refractivity contribution in [1.29, 1.82) is 0 Å². The van der Waals surface area contributed by atoms with Crippen LogP contribution in [0.25, 0.3) is 0 Å². The second-order valence-electron chi connectivity index (χ2n) is 4.87. The van der Waals surface area contributed by atoms with Crippen molar-refractivity contribution in [3.63, 3.8) is 0 Å². The molecule has 0 unspecified atom stereocenters. The van der Waals surface area contributed by atoms with E-state index in [1.807, 2.05) is 0 Å². The fourth-order valence-corrected chi connectivity index (χ4v) is 1.86. The summed E-state index contributed by atoms with van der Waals surface area (Å²) in [4.78, 5) is 11.9. The minimum atomic E-state index is -0.842. The van der Waals surface area contributed by atoms with Gasteiger partial charge in [-0.1, -0.05) is 15.9 Å². The van der Waals surface area contributed by atoms with Gasteiger partial charge in [0.05, 0.1) is 17.8 Å². The second-order valence-corrected chi connectivity index (χ2v) is 5.78. The molecular formula is C13H18BrNO3. The van der Waals surface area contributed by atoms with Gasteiger partial charge in [0.2, 0.25) is 0 Å². The van der Waals surface area contributed by atoms with E-state index in [2.05, 4.69) is 15.9 Å². The van der Waals surface area contributed by atoms with E-state index in [9.17, 15) is 9.90 Å². The molecule has 100 valence electrons. The van der Waals surface area contributed by atoms with E-state index in [1.54, 1.807) is 32.9 Å². The Balaban J connectivity index is 2.73. The van der Waals surface area contributed by atoms with Crippen LogP contribution >= 0.6 is 15.9 Å². The molecule has 0 aliphatic carbocycles. The van der Waals surface area contributed by atoms with Crippen LogP contribution < -0.4 is 5.73 Å². The monoisotopic (exact) mass is 315 g/mol. The number of nitrogen functional groups attached to an aromatic ring is 1. The van der Waals surface area contributed by atoms with Gasteiger partial charge in [-0.3, -0.25) is 0 Å². The molecule has 0 saturated heterocycles. The summed E-state index contributed by atoms with van der Waals surface area (Å²) < 4.78 is 5.86. The first-order valence-electron chi connectivity index (χ1n) is 5.66. The number of benzene rings is 1. The van der Waals surface area contributed by atoms with Crippen molar-refractivity contribution in [1.82, 2.24) is 0 Å². The van der Waals surface area contributed by atoms with Gasteiger partial charge in [-0.05, 0) is 38.5 Å². The molecule has 1 aromatic rings. The van der Waals surface area contributed by atoms with Crippen molar-refractivity contribution >= 4 is 27.6 Å². The third kappa shape index (κ3) is 4.31. The number of carbonyl (C=O) groups excluding carboxylic acids is 1. The zero-order valence-corrected chi connectivity index (χ0v) is 12.4. The number of rotatable bonds is 4. The average molecular weight is 316 g/mol. The highest BCUT2D eigenvalue weighted by Crippen LogP contribution is 2.23. The standard InChI is InChI=1S/C13H18BrNO3/c1-8-10(6-9(14)7-11(8)15)12(16)18-5-4-13(2,3)17/h6-7,17H,4-5,15H2,1-3H3. The van der Waals surface area contributed by atoms with E-state index in [0.29, 0.717) is 23.2 Å². The SMILES string of the molecule is Cc1c(N)cc(Br)cc1C(=O)OCCC(C)(C)O. The van der Waals surface area contributed by atoms with E-state index in [-0.39, 0.29) is 6.61 Å². The predicted octanol–water partition coefficient (Wildman–Crippen LogP) is 2.66. The molecule has 0 fully saturated rings. The third-order valence-electron chi connectivity index (χ3n) is 2.58. The molecule has 4 nitrogen and oxygen atoms in total. The fourth-order valence-electron chi connectivity index (χ4n) is 1.38. The Bertz CT molecular complexity index is 452. The Hall–Kier alpha value is -1.07. The summed E-state index contributed by atoms with van der Waals surface area (Å²) in [6.07, 6.45) is 0.390. The maximum atomic E-state index is 11.9. The van der Waals surface area contributed by atoms with Gasteiger partial charge in [-0.25, -0.2) is 4.79 Å². The first-order valence-corrected chi connectivity index (χ1v) is 6.45. The van der Waals surface area contributed by atoms with Crippen LogP contribution in [0.2, 0.25) is 0 Å². The lowest BCUT2D eigenvalue weighted by Gasteiger charge is -2.17. The van der Waals surface area contributed by atoms with Crippen LogP contribution in [0.1, 0.15) is 36.2 Å². The summed E-state index contributed by atoms with van der Waals surface area (Å²) in [5, 5.41) is 9.53. The van der Waals surface area contributed by atoms with Gasteiger partial charge in [-0.2, -0.15) is 0 Å². The molecule has 1 aromatic carbocycles. The molecular weight excluding hydrogens is 298 g/mol. The van der Waals surface area contributed by atoms with Crippen LogP contribution in [0, 0.1) is 6.92 Å². The molecule has 5 heteroatoms. The third-order valence-corrected chi connectivity index (χ3v) is 3.04. The van der Waals surface area contributed by atoms with E-state index < -0.39 is 11.6 Å². The van der Waals surface area contributed by atoms with Gasteiger partial charge in [0.15, 0.2) is 0 Å². The summed E-state index contributed by atoms with van der Waals surface area (Å²) in [5.41, 5.74) is 6.62. The highest BCUT2D eigenvalue weighted by Gasteiger charge is 2.16. The largest absolute Gasteiger partial charge is 0.462 e. The molecule has 0 amide bonds.